The van der Waals surface area contributed by atoms with E-state index >= 15 is 0 Å². The highest BCUT2D eigenvalue weighted by Crippen LogP contribution is 2.19. The molecule has 0 bridgehead atoms. The lowest BCUT2D eigenvalue weighted by molar-refractivity contribution is 0.0765. The number of benzene rings is 2. The van der Waals surface area contributed by atoms with Crippen LogP contribution in [-0.4, -0.2) is 42.0 Å². The summed E-state index contributed by atoms with van der Waals surface area (Å²) in [6.07, 6.45) is 0.811. The summed E-state index contributed by atoms with van der Waals surface area (Å²) in [6, 6.07) is 20.9. The summed E-state index contributed by atoms with van der Waals surface area (Å²) in [5, 5.41) is 8.97. The van der Waals surface area contributed by atoms with E-state index in [2.05, 4.69) is 16.0 Å². The van der Waals surface area contributed by atoms with E-state index in [4.69, 9.17) is 5.26 Å². The first-order chi connectivity index (χ1) is 15.0. The van der Waals surface area contributed by atoms with Gasteiger partial charge in [-0.2, -0.15) is 5.26 Å². The minimum atomic E-state index is -0.364. The molecular weight excluding hydrogens is 388 g/mol. The van der Waals surface area contributed by atoms with Crippen LogP contribution in [0.5, 0.6) is 0 Å². The zero-order valence-electron chi connectivity index (χ0n) is 17.5. The molecule has 1 N–H and O–H groups in total. The maximum absolute atomic E-state index is 13.1. The lowest BCUT2D eigenvalue weighted by atomic mass is 10.1. The number of H-pyrrole nitrogens is 1. The lowest BCUT2D eigenvalue weighted by Gasteiger charge is -2.23. The predicted molar refractivity (Wildman–Crippen MR) is 121 cm³/mol. The van der Waals surface area contributed by atoms with Crippen LogP contribution >= 0.6 is 0 Å². The van der Waals surface area contributed by atoms with Crippen molar-refractivity contribution in [1.29, 1.82) is 5.26 Å². The number of aromatic amines is 1. The van der Waals surface area contributed by atoms with E-state index in [0.29, 0.717) is 30.9 Å². The molecule has 0 unspecified atom stereocenters. The second-order valence-corrected chi connectivity index (χ2v) is 7.78. The van der Waals surface area contributed by atoms with Crippen molar-refractivity contribution in [2.75, 3.05) is 31.1 Å². The van der Waals surface area contributed by atoms with E-state index in [1.54, 1.807) is 29.2 Å². The summed E-state index contributed by atoms with van der Waals surface area (Å²) in [7, 11) is 0. The Morgan fingerprint density at radius 3 is 2.52 bits per heavy atom. The standard InChI is InChI=1S/C25H24N4O2/c1-18-4-2-5-20(16-18)23-11-10-22(24(30)27-23)25(31)29-13-3-12-28(14-15-29)21-8-6-19(17-26)7-9-21/h2,4-11,16H,3,12-15H2,1H3,(H,27,30). The van der Waals surface area contributed by atoms with Crippen molar-refractivity contribution >= 4 is 11.6 Å². The number of carbonyl (C=O) groups excluding carboxylic acids is 1. The van der Waals surface area contributed by atoms with Crippen molar-refractivity contribution in [2.45, 2.75) is 13.3 Å². The van der Waals surface area contributed by atoms with Gasteiger partial charge in [-0.05, 0) is 61.4 Å². The Kier molecular flexibility index (Phi) is 5.85. The highest BCUT2D eigenvalue weighted by atomic mass is 16.2. The Morgan fingerprint density at radius 2 is 1.81 bits per heavy atom. The molecule has 0 radical (unpaired) electrons. The number of aryl methyl sites for hydroxylation is 1. The van der Waals surface area contributed by atoms with Crippen molar-refractivity contribution in [3.63, 3.8) is 0 Å². The predicted octanol–water partition coefficient (Wildman–Crippen LogP) is 3.57. The molecule has 156 valence electrons. The number of nitrogens with one attached hydrogen (secondary N) is 1. The molecule has 1 amide bonds. The smallest absolute Gasteiger partial charge is 0.261 e. The molecule has 1 aromatic heterocycles. The molecule has 1 aliphatic rings. The molecule has 0 spiro atoms. The first kappa shape index (κ1) is 20.4. The molecule has 1 aliphatic heterocycles. The molecule has 6 nitrogen and oxygen atoms in total. The first-order valence-electron chi connectivity index (χ1n) is 10.4. The number of hydrogen-bond acceptors (Lipinski definition) is 4. The van der Waals surface area contributed by atoms with Crippen LogP contribution in [0.2, 0.25) is 0 Å². The van der Waals surface area contributed by atoms with Gasteiger partial charge in [0.25, 0.3) is 11.5 Å². The topological polar surface area (TPSA) is 80.2 Å². The molecular formula is C25H24N4O2. The fourth-order valence-electron chi connectivity index (χ4n) is 3.92. The maximum atomic E-state index is 13.1. The molecule has 31 heavy (non-hydrogen) atoms. The third-order valence-corrected chi connectivity index (χ3v) is 5.61. The molecule has 4 rings (SSSR count). The number of carbonyl (C=O) groups is 1. The van der Waals surface area contributed by atoms with Crippen LogP contribution < -0.4 is 10.5 Å². The maximum Gasteiger partial charge on any atom is 0.261 e. The number of amides is 1. The number of rotatable bonds is 3. The normalized spacial score (nSPS) is 14.1. The Labute approximate surface area is 181 Å². The Hall–Kier alpha value is -3.85. The van der Waals surface area contributed by atoms with Crippen molar-refractivity contribution in [3.8, 4) is 17.3 Å². The number of anilines is 1. The van der Waals surface area contributed by atoms with E-state index in [9.17, 15) is 9.59 Å². The van der Waals surface area contributed by atoms with Crippen molar-refractivity contribution in [1.82, 2.24) is 9.88 Å². The number of pyridine rings is 1. The molecule has 2 heterocycles. The molecule has 1 saturated heterocycles. The van der Waals surface area contributed by atoms with Crippen molar-refractivity contribution < 1.29 is 4.79 Å². The van der Waals surface area contributed by atoms with Crippen LogP contribution in [0.25, 0.3) is 11.3 Å². The molecule has 3 aromatic rings. The summed E-state index contributed by atoms with van der Waals surface area (Å²) in [4.78, 5) is 32.5. The minimum Gasteiger partial charge on any atom is -0.370 e. The van der Waals surface area contributed by atoms with Crippen molar-refractivity contribution in [3.05, 3.63) is 87.7 Å². The van der Waals surface area contributed by atoms with Gasteiger partial charge < -0.3 is 14.8 Å². The lowest BCUT2D eigenvalue weighted by Crippen LogP contribution is -2.37. The van der Waals surface area contributed by atoms with E-state index in [1.165, 1.54) is 0 Å². The van der Waals surface area contributed by atoms with Gasteiger partial charge in [-0.25, -0.2) is 0 Å². The first-order valence-corrected chi connectivity index (χ1v) is 10.4. The third-order valence-electron chi connectivity index (χ3n) is 5.61. The zero-order valence-corrected chi connectivity index (χ0v) is 17.5. The van der Waals surface area contributed by atoms with Crippen LogP contribution in [0.15, 0.2) is 65.5 Å². The SMILES string of the molecule is Cc1cccc(-c2ccc(C(=O)N3CCCN(c4ccc(C#N)cc4)CC3)c(=O)[nH]2)c1. The van der Waals surface area contributed by atoms with Crippen LogP contribution in [0.4, 0.5) is 5.69 Å². The summed E-state index contributed by atoms with van der Waals surface area (Å²) in [5.74, 6) is -0.237. The van der Waals surface area contributed by atoms with Gasteiger partial charge in [0.15, 0.2) is 0 Å². The second-order valence-electron chi connectivity index (χ2n) is 7.78. The molecule has 0 atom stereocenters. The summed E-state index contributed by atoms with van der Waals surface area (Å²) < 4.78 is 0. The second kappa shape index (κ2) is 8.88. The van der Waals surface area contributed by atoms with E-state index < -0.39 is 0 Å². The fraction of sp³-hybridized carbons (Fsp3) is 0.240. The van der Waals surface area contributed by atoms with Gasteiger partial charge in [0.2, 0.25) is 0 Å². The Morgan fingerprint density at radius 1 is 1.00 bits per heavy atom. The number of nitrogens with zero attached hydrogens (tertiary/aromatic N) is 3. The average molecular weight is 412 g/mol. The van der Waals surface area contributed by atoms with Crippen LogP contribution in [0.3, 0.4) is 0 Å². The highest BCUT2D eigenvalue weighted by Gasteiger charge is 2.22. The number of aromatic nitrogens is 1. The van der Waals surface area contributed by atoms with Crippen molar-refractivity contribution in [2.24, 2.45) is 0 Å². The Bertz CT molecular complexity index is 1190. The number of nitriles is 1. The minimum absolute atomic E-state index is 0.170. The summed E-state index contributed by atoms with van der Waals surface area (Å²) >= 11 is 0. The molecule has 6 heteroatoms. The van der Waals surface area contributed by atoms with Gasteiger partial charge in [0.1, 0.15) is 5.56 Å². The molecule has 2 aromatic carbocycles. The molecule has 1 fully saturated rings. The quantitative estimate of drug-likeness (QED) is 0.713. The van der Waals surface area contributed by atoms with E-state index in [0.717, 1.165) is 29.8 Å². The number of hydrogen-bond donors (Lipinski definition) is 1. The Balaban J connectivity index is 1.48. The van der Waals surface area contributed by atoms with E-state index in [-0.39, 0.29) is 17.0 Å². The van der Waals surface area contributed by atoms with E-state index in [1.807, 2.05) is 43.3 Å². The largest absolute Gasteiger partial charge is 0.370 e. The van der Waals surface area contributed by atoms with Gasteiger partial charge >= 0.3 is 0 Å². The van der Waals surface area contributed by atoms with Crippen LogP contribution in [0, 0.1) is 18.3 Å². The van der Waals surface area contributed by atoms with Gasteiger partial charge in [0, 0.05) is 37.6 Å². The third kappa shape index (κ3) is 4.51. The molecule has 0 aliphatic carbocycles. The molecule has 0 saturated carbocycles. The highest BCUT2D eigenvalue weighted by molar-refractivity contribution is 5.94. The van der Waals surface area contributed by atoms with Gasteiger partial charge in [-0.15, -0.1) is 0 Å². The van der Waals surface area contributed by atoms with Crippen LogP contribution in [-0.2, 0) is 0 Å². The summed E-state index contributed by atoms with van der Waals surface area (Å²) in [6.45, 7) is 4.64. The average Bonchev–Trinajstić information content (AvgIpc) is 3.05. The zero-order chi connectivity index (χ0) is 21.8. The fourth-order valence-corrected chi connectivity index (χ4v) is 3.92. The van der Waals surface area contributed by atoms with Gasteiger partial charge in [-0.1, -0.05) is 23.8 Å². The van der Waals surface area contributed by atoms with Gasteiger partial charge in [0.05, 0.1) is 11.6 Å². The van der Waals surface area contributed by atoms with Crippen LogP contribution in [0.1, 0.15) is 27.9 Å². The summed E-state index contributed by atoms with van der Waals surface area (Å²) in [5.41, 5.74) is 4.20. The monoisotopic (exact) mass is 412 g/mol. The van der Waals surface area contributed by atoms with Gasteiger partial charge in [-0.3, -0.25) is 9.59 Å².